The van der Waals surface area contributed by atoms with E-state index in [9.17, 15) is 0 Å². The lowest BCUT2D eigenvalue weighted by atomic mass is 10.0. The molecule has 0 aliphatic heterocycles. The van der Waals surface area contributed by atoms with E-state index >= 15 is 0 Å². The molecule has 0 saturated heterocycles. The molecule has 0 bridgehead atoms. The van der Waals surface area contributed by atoms with Gasteiger partial charge >= 0.3 is 0 Å². The van der Waals surface area contributed by atoms with Crippen LogP contribution in [0.25, 0.3) is 0 Å². The number of halogens is 3. The molecule has 0 spiro atoms. The van der Waals surface area contributed by atoms with Crippen LogP contribution in [0.15, 0.2) is 6.07 Å². The number of thiophene rings is 1. The summed E-state index contributed by atoms with van der Waals surface area (Å²) >= 11 is 20.0. The molecule has 90 valence electrons. The summed E-state index contributed by atoms with van der Waals surface area (Å²) in [7, 11) is 0. The zero-order valence-corrected chi connectivity index (χ0v) is 12.9. The minimum Gasteiger partial charge on any atom is -0.117 e. The van der Waals surface area contributed by atoms with Gasteiger partial charge in [0.05, 0.1) is 14.0 Å². The van der Waals surface area contributed by atoms with Crippen LogP contribution in [0, 0.1) is 16.7 Å². The van der Waals surface area contributed by atoms with Crippen molar-refractivity contribution in [1.29, 1.82) is 0 Å². The predicted octanol–water partition coefficient (Wildman–Crippen LogP) is 6.02. The predicted molar refractivity (Wildman–Crippen MR) is 74.0 cm³/mol. The Morgan fingerprint density at radius 2 is 1.69 bits per heavy atom. The molecule has 1 unspecified atom stereocenters. The maximum atomic E-state index is 6.55. The van der Waals surface area contributed by atoms with Crippen LogP contribution in [-0.4, -0.2) is 0 Å². The second-order valence-electron chi connectivity index (χ2n) is 5.60. The van der Waals surface area contributed by atoms with E-state index in [1.807, 2.05) is 6.07 Å². The summed E-state index contributed by atoms with van der Waals surface area (Å²) in [5, 5.41) is -0.0405. The third-order valence-corrected chi connectivity index (χ3v) is 6.41. The Morgan fingerprint density at radius 1 is 1.19 bits per heavy atom. The lowest BCUT2D eigenvalue weighted by molar-refractivity contribution is 0.457. The third-order valence-electron chi connectivity index (χ3n) is 4.41. The Labute approximate surface area is 116 Å². The Hall–Kier alpha value is 0.570. The minimum absolute atomic E-state index is 0.0405. The standard InChI is InChI=1S/C12H15Cl3S/c1-11(2)9(12(11,3)4)8(14)6-5-7(13)16-10(6)15/h5,8-9H,1-4H3. The van der Waals surface area contributed by atoms with Crippen LogP contribution in [0.2, 0.25) is 8.67 Å². The quantitative estimate of drug-likeness (QED) is 0.586. The second kappa shape index (κ2) is 3.78. The van der Waals surface area contributed by atoms with Crippen LogP contribution in [0.3, 0.4) is 0 Å². The fourth-order valence-corrected chi connectivity index (χ4v) is 5.17. The van der Waals surface area contributed by atoms with Crippen LogP contribution < -0.4 is 0 Å². The average molecular weight is 298 g/mol. The van der Waals surface area contributed by atoms with E-state index < -0.39 is 0 Å². The number of hydrogen-bond donors (Lipinski definition) is 0. The second-order valence-corrected chi connectivity index (χ2v) is 8.36. The van der Waals surface area contributed by atoms with Gasteiger partial charge < -0.3 is 0 Å². The summed E-state index contributed by atoms with van der Waals surface area (Å²) in [4.78, 5) is 0. The molecule has 1 heterocycles. The first-order chi connectivity index (χ1) is 7.19. The normalized spacial score (nSPS) is 24.4. The SMILES string of the molecule is CC1(C)C(C(Cl)c2cc(Cl)sc2Cl)C1(C)C. The van der Waals surface area contributed by atoms with Crippen LogP contribution in [0.1, 0.15) is 38.6 Å². The van der Waals surface area contributed by atoms with Crippen molar-refractivity contribution in [2.24, 2.45) is 16.7 Å². The lowest BCUT2D eigenvalue weighted by Gasteiger charge is -2.10. The zero-order valence-electron chi connectivity index (χ0n) is 9.77. The first-order valence-electron chi connectivity index (χ1n) is 5.28. The summed E-state index contributed by atoms with van der Waals surface area (Å²) in [5.41, 5.74) is 1.51. The van der Waals surface area contributed by atoms with Gasteiger partial charge in [0.1, 0.15) is 0 Å². The van der Waals surface area contributed by atoms with Gasteiger partial charge in [-0.2, -0.15) is 0 Å². The summed E-state index contributed by atoms with van der Waals surface area (Å²) < 4.78 is 1.44. The summed E-state index contributed by atoms with van der Waals surface area (Å²) in [5.74, 6) is 0.449. The van der Waals surface area contributed by atoms with Crippen molar-refractivity contribution in [2.75, 3.05) is 0 Å². The topological polar surface area (TPSA) is 0 Å². The van der Waals surface area contributed by atoms with Crippen LogP contribution in [0.5, 0.6) is 0 Å². The van der Waals surface area contributed by atoms with Gasteiger partial charge in [-0.05, 0) is 22.8 Å². The number of hydrogen-bond acceptors (Lipinski definition) is 1. The first-order valence-corrected chi connectivity index (χ1v) is 7.29. The third kappa shape index (κ3) is 1.71. The van der Waals surface area contributed by atoms with Crippen molar-refractivity contribution in [3.63, 3.8) is 0 Å². The van der Waals surface area contributed by atoms with Crippen molar-refractivity contribution in [3.8, 4) is 0 Å². The molecular weight excluding hydrogens is 283 g/mol. The van der Waals surface area contributed by atoms with Crippen molar-refractivity contribution in [2.45, 2.75) is 33.1 Å². The molecule has 1 aliphatic carbocycles. The van der Waals surface area contributed by atoms with Crippen molar-refractivity contribution >= 4 is 46.1 Å². The summed E-state index contributed by atoms with van der Waals surface area (Å²) in [6.07, 6.45) is 0. The van der Waals surface area contributed by atoms with Crippen molar-refractivity contribution in [3.05, 3.63) is 20.3 Å². The Bertz CT molecular complexity index is 406. The van der Waals surface area contributed by atoms with Crippen LogP contribution in [0.4, 0.5) is 0 Å². The van der Waals surface area contributed by atoms with Gasteiger partial charge in [-0.1, -0.05) is 50.9 Å². The highest BCUT2D eigenvalue weighted by atomic mass is 35.5. The van der Waals surface area contributed by atoms with Gasteiger partial charge in [-0.3, -0.25) is 0 Å². The zero-order chi connectivity index (χ0) is 12.3. The van der Waals surface area contributed by atoms with Crippen LogP contribution in [-0.2, 0) is 0 Å². The summed E-state index contributed by atoms with van der Waals surface area (Å²) in [6, 6.07) is 1.90. The van der Waals surface area contributed by atoms with E-state index in [0.717, 1.165) is 9.90 Å². The van der Waals surface area contributed by atoms with E-state index in [1.165, 1.54) is 11.3 Å². The summed E-state index contributed by atoms with van der Waals surface area (Å²) in [6.45, 7) is 9.04. The smallest absolute Gasteiger partial charge is 0.0991 e. The molecule has 0 nitrogen and oxygen atoms in total. The Morgan fingerprint density at radius 3 is 2.00 bits per heavy atom. The molecule has 0 aromatic carbocycles. The highest BCUT2D eigenvalue weighted by Crippen LogP contribution is 2.74. The molecule has 1 aliphatic rings. The minimum atomic E-state index is -0.0405. The highest BCUT2D eigenvalue weighted by molar-refractivity contribution is 7.20. The molecule has 1 fully saturated rings. The van der Waals surface area contributed by atoms with Gasteiger partial charge in [0.25, 0.3) is 0 Å². The fraction of sp³-hybridized carbons (Fsp3) is 0.667. The molecular formula is C12H15Cl3S. The van der Waals surface area contributed by atoms with Gasteiger partial charge in [0, 0.05) is 5.56 Å². The largest absolute Gasteiger partial charge is 0.117 e. The number of alkyl halides is 1. The monoisotopic (exact) mass is 296 g/mol. The molecule has 0 radical (unpaired) electrons. The maximum absolute atomic E-state index is 6.55. The van der Waals surface area contributed by atoms with E-state index in [4.69, 9.17) is 34.8 Å². The Kier molecular flexibility index (Phi) is 3.07. The van der Waals surface area contributed by atoms with Crippen molar-refractivity contribution in [1.82, 2.24) is 0 Å². The van der Waals surface area contributed by atoms with E-state index in [0.29, 0.717) is 10.3 Å². The molecule has 1 atom stereocenters. The first kappa shape index (κ1) is 13.0. The fourth-order valence-electron chi connectivity index (χ4n) is 2.70. The molecule has 0 amide bonds. The maximum Gasteiger partial charge on any atom is 0.0991 e. The molecule has 1 aromatic heterocycles. The average Bonchev–Trinajstić information content (AvgIpc) is 2.37. The van der Waals surface area contributed by atoms with E-state index in [-0.39, 0.29) is 16.2 Å². The van der Waals surface area contributed by atoms with Gasteiger partial charge in [0.15, 0.2) is 0 Å². The highest BCUT2D eigenvalue weighted by Gasteiger charge is 2.67. The lowest BCUT2D eigenvalue weighted by Crippen LogP contribution is -1.98. The Balaban J connectivity index is 2.29. The molecule has 2 rings (SSSR count). The van der Waals surface area contributed by atoms with E-state index in [2.05, 4.69) is 27.7 Å². The van der Waals surface area contributed by atoms with E-state index in [1.54, 1.807) is 0 Å². The number of rotatable bonds is 2. The molecule has 1 aromatic rings. The van der Waals surface area contributed by atoms with Crippen LogP contribution >= 0.6 is 46.1 Å². The molecule has 1 saturated carbocycles. The van der Waals surface area contributed by atoms with Crippen molar-refractivity contribution < 1.29 is 0 Å². The molecule has 16 heavy (non-hydrogen) atoms. The molecule has 0 N–H and O–H groups in total. The van der Waals surface area contributed by atoms with Gasteiger partial charge in [0.2, 0.25) is 0 Å². The molecule has 4 heteroatoms. The van der Waals surface area contributed by atoms with Gasteiger partial charge in [-0.15, -0.1) is 22.9 Å². The van der Waals surface area contributed by atoms with Gasteiger partial charge in [-0.25, -0.2) is 0 Å².